The number of rotatable bonds is 9. The molecule has 4 rings (SSSR count). The van der Waals surface area contributed by atoms with Crippen LogP contribution in [0.5, 0.6) is 11.5 Å². The van der Waals surface area contributed by atoms with Crippen LogP contribution in [0.4, 0.5) is 5.69 Å². The number of aliphatic carboxylic acids is 1. The van der Waals surface area contributed by atoms with Gasteiger partial charge in [0.15, 0.2) is 11.7 Å². The highest BCUT2D eigenvalue weighted by Gasteiger charge is 2.25. The second-order valence-electron chi connectivity index (χ2n) is 7.90. The molecule has 2 aromatic carbocycles. The molecular formula is C25H24ClN5O5. The van der Waals surface area contributed by atoms with Crippen molar-refractivity contribution in [2.75, 3.05) is 12.4 Å². The highest BCUT2D eigenvalue weighted by Crippen LogP contribution is 2.29. The summed E-state index contributed by atoms with van der Waals surface area (Å²) in [5.41, 5.74) is 2.34. The van der Waals surface area contributed by atoms with E-state index in [1.165, 1.54) is 37.6 Å². The summed E-state index contributed by atoms with van der Waals surface area (Å²) < 4.78 is 6.90. The Morgan fingerprint density at radius 2 is 1.92 bits per heavy atom. The third-order valence-corrected chi connectivity index (χ3v) is 5.94. The van der Waals surface area contributed by atoms with Crippen LogP contribution in [0.1, 0.15) is 34.5 Å². The molecule has 186 valence electrons. The molecule has 0 saturated carbocycles. The van der Waals surface area contributed by atoms with E-state index in [0.29, 0.717) is 46.1 Å². The Bertz CT molecular complexity index is 1420. The number of pyridine rings is 1. The lowest BCUT2D eigenvalue weighted by Crippen LogP contribution is -2.34. The van der Waals surface area contributed by atoms with Crippen molar-refractivity contribution in [2.24, 2.45) is 0 Å². The van der Waals surface area contributed by atoms with E-state index in [2.05, 4.69) is 20.7 Å². The zero-order valence-electron chi connectivity index (χ0n) is 19.5. The van der Waals surface area contributed by atoms with Crippen LogP contribution in [0, 0.1) is 0 Å². The molecule has 0 spiro atoms. The fraction of sp³-hybridized carbons (Fsp3) is 0.200. The van der Waals surface area contributed by atoms with Crippen LogP contribution in [0.25, 0.3) is 11.0 Å². The molecule has 2 aromatic heterocycles. The minimum atomic E-state index is -1.33. The van der Waals surface area contributed by atoms with E-state index in [-0.39, 0.29) is 11.3 Å². The lowest BCUT2D eigenvalue weighted by Gasteiger charge is -2.18. The molecule has 0 aliphatic rings. The first-order valence-corrected chi connectivity index (χ1v) is 11.4. The molecule has 10 nitrogen and oxygen atoms in total. The average molecular weight is 510 g/mol. The molecule has 4 N–H and O–H groups in total. The van der Waals surface area contributed by atoms with Crippen LogP contribution in [0.2, 0.25) is 5.02 Å². The van der Waals surface area contributed by atoms with Gasteiger partial charge >= 0.3 is 5.97 Å². The minimum Gasteiger partial charge on any atom is -0.508 e. The van der Waals surface area contributed by atoms with Crippen molar-refractivity contribution in [3.05, 3.63) is 76.6 Å². The molecular weight excluding hydrogens is 486 g/mol. The van der Waals surface area contributed by atoms with Crippen molar-refractivity contribution in [1.29, 1.82) is 0 Å². The number of carboxylic acids is 1. The van der Waals surface area contributed by atoms with E-state index < -0.39 is 17.9 Å². The van der Waals surface area contributed by atoms with Gasteiger partial charge in [0.1, 0.15) is 11.5 Å². The smallest absolute Gasteiger partial charge is 0.330 e. The molecule has 2 heterocycles. The van der Waals surface area contributed by atoms with E-state index in [1.54, 1.807) is 23.0 Å². The molecule has 0 unspecified atom stereocenters. The quantitative estimate of drug-likeness (QED) is 0.266. The average Bonchev–Trinajstić information content (AvgIpc) is 3.29. The number of halogens is 1. The van der Waals surface area contributed by atoms with E-state index in [9.17, 15) is 19.8 Å². The number of hydrogen-bond acceptors (Lipinski definition) is 7. The fourth-order valence-electron chi connectivity index (χ4n) is 3.79. The number of aromatic hydroxyl groups is 1. The van der Waals surface area contributed by atoms with Crippen molar-refractivity contribution in [1.82, 2.24) is 20.1 Å². The SMILES string of the molecule is CCn1ncc2c(NCc3ccc(OC)c(Cl)c3)c(C(=O)N[C@H](C(=O)O)c3ccc(O)cc3)cnc21. The summed E-state index contributed by atoms with van der Waals surface area (Å²) in [6.07, 6.45) is 3.01. The summed E-state index contributed by atoms with van der Waals surface area (Å²) in [6, 6.07) is 9.61. The number of amides is 1. The lowest BCUT2D eigenvalue weighted by atomic mass is 10.1. The Morgan fingerprint density at radius 1 is 1.17 bits per heavy atom. The number of carbonyl (C=O) groups is 2. The molecule has 1 atom stereocenters. The van der Waals surface area contributed by atoms with E-state index in [1.807, 2.05) is 13.0 Å². The van der Waals surface area contributed by atoms with Crippen LogP contribution in [0.3, 0.4) is 0 Å². The van der Waals surface area contributed by atoms with Gasteiger partial charge in [-0.3, -0.25) is 4.79 Å². The second kappa shape index (κ2) is 10.5. The predicted octanol–water partition coefficient (Wildman–Crippen LogP) is 3.99. The van der Waals surface area contributed by atoms with Crippen LogP contribution in [0.15, 0.2) is 54.9 Å². The predicted molar refractivity (Wildman–Crippen MR) is 134 cm³/mol. The summed E-state index contributed by atoms with van der Waals surface area (Å²) in [5, 5.41) is 30.5. The van der Waals surface area contributed by atoms with Crippen LogP contribution < -0.4 is 15.4 Å². The second-order valence-corrected chi connectivity index (χ2v) is 8.31. The number of phenolic OH excluding ortho intramolecular Hbond substituents is 1. The van der Waals surface area contributed by atoms with Gasteiger partial charge in [-0.25, -0.2) is 14.5 Å². The van der Waals surface area contributed by atoms with Gasteiger partial charge in [-0.05, 0) is 42.3 Å². The Hall–Kier alpha value is -4.31. The third-order valence-electron chi connectivity index (χ3n) is 5.64. The number of anilines is 1. The Kier molecular flexibility index (Phi) is 7.25. The summed E-state index contributed by atoms with van der Waals surface area (Å²) in [6.45, 7) is 2.83. The number of fused-ring (bicyclic) bond motifs is 1. The topological polar surface area (TPSA) is 139 Å². The number of hydrogen-bond donors (Lipinski definition) is 4. The zero-order valence-corrected chi connectivity index (χ0v) is 20.3. The van der Waals surface area contributed by atoms with Crippen molar-refractivity contribution in [3.63, 3.8) is 0 Å². The van der Waals surface area contributed by atoms with Crippen molar-refractivity contribution in [2.45, 2.75) is 26.1 Å². The van der Waals surface area contributed by atoms with Crippen molar-refractivity contribution < 1.29 is 24.5 Å². The first-order chi connectivity index (χ1) is 17.3. The molecule has 1 amide bonds. The van der Waals surface area contributed by atoms with Crippen molar-refractivity contribution in [3.8, 4) is 11.5 Å². The van der Waals surface area contributed by atoms with Gasteiger partial charge in [-0.1, -0.05) is 29.8 Å². The van der Waals surface area contributed by atoms with Crippen LogP contribution in [-0.4, -0.2) is 44.0 Å². The van der Waals surface area contributed by atoms with Gasteiger partial charge in [0, 0.05) is 19.3 Å². The van der Waals surface area contributed by atoms with Crippen LogP contribution >= 0.6 is 11.6 Å². The van der Waals surface area contributed by atoms with Gasteiger partial charge in [-0.15, -0.1) is 0 Å². The number of methoxy groups -OCH3 is 1. The van der Waals surface area contributed by atoms with Gasteiger partial charge in [0.05, 0.1) is 35.0 Å². The summed E-state index contributed by atoms with van der Waals surface area (Å²) in [7, 11) is 1.53. The number of benzene rings is 2. The molecule has 0 fully saturated rings. The van der Waals surface area contributed by atoms with Gasteiger partial charge in [-0.2, -0.15) is 5.10 Å². The van der Waals surface area contributed by atoms with Crippen molar-refractivity contribution >= 4 is 40.2 Å². The lowest BCUT2D eigenvalue weighted by molar-refractivity contribution is -0.139. The highest BCUT2D eigenvalue weighted by molar-refractivity contribution is 6.32. The third kappa shape index (κ3) is 5.03. The zero-order chi connectivity index (χ0) is 25.8. The Labute approximate surface area is 211 Å². The highest BCUT2D eigenvalue weighted by atomic mass is 35.5. The molecule has 0 radical (unpaired) electrons. The van der Waals surface area contributed by atoms with E-state index >= 15 is 0 Å². The molecule has 0 saturated heterocycles. The summed E-state index contributed by atoms with van der Waals surface area (Å²) in [5.74, 6) is -1.35. The maximum Gasteiger partial charge on any atom is 0.330 e. The standard InChI is InChI=1S/C25H24ClN5O5/c1-3-31-23-17(13-29-31)22(27-11-14-4-9-20(36-2)19(26)10-14)18(12-28-23)24(33)30-21(25(34)35)15-5-7-16(32)8-6-15/h4-10,12-13,21,32H,3,11H2,1-2H3,(H,27,28)(H,30,33)(H,34,35)/t21-/m0/s1. The van der Waals surface area contributed by atoms with Gasteiger partial charge < -0.3 is 25.6 Å². The number of ether oxygens (including phenoxy) is 1. The first-order valence-electron chi connectivity index (χ1n) is 11.1. The number of carbonyl (C=O) groups excluding carboxylic acids is 1. The molecule has 0 bridgehead atoms. The fourth-order valence-corrected chi connectivity index (χ4v) is 4.07. The number of phenols is 1. The van der Waals surface area contributed by atoms with E-state index in [0.717, 1.165) is 5.56 Å². The number of nitrogens with zero attached hydrogens (tertiary/aromatic N) is 3. The maximum absolute atomic E-state index is 13.3. The minimum absolute atomic E-state index is 0.0121. The molecule has 4 aromatic rings. The molecule has 0 aliphatic carbocycles. The number of aromatic nitrogens is 3. The molecule has 11 heteroatoms. The van der Waals surface area contributed by atoms with Gasteiger partial charge in [0.2, 0.25) is 0 Å². The maximum atomic E-state index is 13.3. The number of carboxylic acid groups (broad SMARTS) is 1. The summed E-state index contributed by atoms with van der Waals surface area (Å²) in [4.78, 5) is 29.7. The number of aryl methyl sites for hydroxylation is 1. The first kappa shape index (κ1) is 24.8. The monoisotopic (exact) mass is 509 g/mol. The Balaban J connectivity index is 1.68. The van der Waals surface area contributed by atoms with Crippen LogP contribution in [-0.2, 0) is 17.9 Å². The largest absolute Gasteiger partial charge is 0.508 e. The Morgan fingerprint density at radius 3 is 2.56 bits per heavy atom. The molecule has 0 aliphatic heterocycles. The number of nitrogens with one attached hydrogen (secondary N) is 2. The van der Waals surface area contributed by atoms with E-state index in [4.69, 9.17) is 16.3 Å². The molecule has 36 heavy (non-hydrogen) atoms. The van der Waals surface area contributed by atoms with Gasteiger partial charge in [0.25, 0.3) is 5.91 Å². The normalized spacial score (nSPS) is 11.8. The summed E-state index contributed by atoms with van der Waals surface area (Å²) >= 11 is 6.25.